The lowest BCUT2D eigenvalue weighted by atomic mass is 9.59. The van der Waals surface area contributed by atoms with Crippen LogP contribution in [0.2, 0.25) is 0 Å². The molecule has 5 rings (SSSR count). The molecule has 2 aliphatic carbocycles. The molecule has 0 saturated carbocycles. The van der Waals surface area contributed by atoms with Crippen LogP contribution >= 0.6 is 0 Å². The number of nitrogens with zero attached hydrogens (tertiary/aromatic N) is 1. The fourth-order valence-corrected chi connectivity index (χ4v) is 6.58. The number of para-hydroxylation sites is 1. The summed E-state index contributed by atoms with van der Waals surface area (Å²) in [6, 6.07) is 17.5. The first-order valence-corrected chi connectivity index (χ1v) is 12.7. The predicted molar refractivity (Wildman–Crippen MR) is 143 cm³/mol. The van der Waals surface area contributed by atoms with E-state index < -0.39 is 22.2 Å². The summed E-state index contributed by atoms with van der Waals surface area (Å²) in [5.41, 5.74) is 2.98. The van der Waals surface area contributed by atoms with Crippen molar-refractivity contribution in [3.05, 3.63) is 76.9 Å². The van der Waals surface area contributed by atoms with Gasteiger partial charge in [-0.15, -0.1) is 0 Å². The number of methoxy groups -OCH3 is 1. The van der Waals surface area contributed by atoms with E-state index in [2.05, 4.69) is 34.6 Å². The highest BCUT2D eigenvalue weighted by Gasteiger charge is 2.72. The predicted octanol–water partition coefficient (Wildman–Crippen LogP) is 5.44. The molecule has 6 nitrogen and oxygen atoms in total. The Morgan fingerprint density at radius 3 is 2.16 bits per heavy atom. The van der Waals surface area contributed by atoms with Crippen molar-refractivity contribution in [3.8, 4) is 5.75 Å². The molecule has 3 atom stereocenters. The first kappa shape index (κ1) is 25.3. The fraction of sp³-hybridized carbons (Fsp3) is 0.419. The second-order valence-electron chi connectivity index (χ2n) is 11.1. The molecule has 194 valence electrons. The second kappa shape index (κ2) is 8.59. The lowest BCUT2D eigenvalue weighted by Crippen LogP contribution is -2.41. The van der Waals surface area contributed by atoms with Gasteiger partial charge in [-0.1, -0.05) is 63.6 Å². The minimum atomic E-state index is -0.745. The molecule has 1 saturated heterocycles. The molecule has 1 aliphatic heterocycles. The van der Waals surface area contributed by atoms with E-state index >= 15 is 0 Å². The molecule has 0 radical (unpaired) electrons. The number of ether oxygens (including phenoxy) is 3. The molecule has 0 spiro atoms. The molecule has 0 N–H and O–H groups in total. The van der Waals surface area contributed by atoms with Gasteiger partial charge in [-0.25, -0.2) is 4.79 Å². The van der Waals surface area contributed by atoms with Crippen LogP contribution in [-0.2, 0) is 19.1 Å². The van der Waals surface area contributed by atoms with Gasteiger partial charge >= 0.3 is 5.97 Å². The summed E-state index contributed by atoms with van der Waals surface area (Å²) in [6.07, 6.45) is -0.0582. The van der Waals surface area contributed by atoms with Crippen molar-refractivity contribution < 1.29 is 23.8 Å². The molecular weight excluding hydrogens is 466 g/mol. The molecule has 1 fully saturated rings. The van der Waals surface area contributed by atoms with Gasteiger partial charge in [0.25, 0.3) is 5.91 Å². The molecule has 2 aromatic rings. The zero-order chi connectivity index (χ0) is 26.8. The number of rotatable bonds is 7. The summed E-state index contributed by atoms with van der Waals surface area (Å²) in [4.78, 5) is 29.9. The minimum absolute atomic E-state index is 0.0582. The SMILES string of the molecule is COc1ccc(C2=C(C)[C@]3(C)C(C(=O)OCC4CO4)=C(C(=O)N(C)c4ccccc4)[C@@]2(C)C3(C)C)cc1. The Balaban J connectivity index is 1.70. The van der Waals surface area contributed by atoms with Gasteiger partial charge in [0.05, 0.1) is 19.3 Å². The van der Waals surface area contributed by atoms with Gasteiger partial charge in [0, 0.05) is 29.1 Å². The maximum Gasteiger partial charge on any atom is 0.335 e. The quantitative estimate of drug-likeness (QED) is 0.374. The number of hydrogen-bond donors (Lipinski definition) is 0. The third-order valence-corrected chi connectivity index (χ3v) is 9.42. The molecule has 1 amide bonds. The Labute approximate surface area is 218 Å². The van der Waals surface area contributed by atoms with Gasteiger partial charge in [-0.3, -0.25) is 4.79 Å². The summed E-state index contributed by atoms with van der Waals surface area (Å²) in [7, 11) is 3.41. The first-order chi connectivity index (χ1) is 17.5. The van der Waals surface area contributed by atoms with Crippen LogP contribution in [0.25, 0.3) is 5.57 Å². The second-order valence-corrected chi connectivity index (χ2v) is 11.1. The molecule has 2 bridgehead atoms. The zero-order valence-corrected chi connectivity index (χ0v) is 22.7. The molecule has 1 unspecified atom stereocenters. The van der Waals surface area contributed by atoms with Crippen molar-refractivity contribution in [2.75, 3.05) is 32.3 Å². The number of epoxide rings is 1. The number of fused-ring (bicyclic) bond motifs is 2. The van der Waals surface area contributed by atoms with Crippen LogP contribution in [0.5, 0.6) is 5.75 Å². The summed E-state index contributed by atoms with van der Waals surface area (Å²) < 4.78 is 16.4. The minimum Gasteiger partial charge on any atom is -0.497 e. The number of esters is 1. The van der Waals surface area contributed by atoms with Crippen LogP contribution in [0.1, 0.15) is 40.2 Å². The highest BCUT2D eigenvalue weighted by molar-refractivity contribution is 6.16. The molecule has 37 heavy (non-hydrogen) atoms. The molecule has 2 aromatic carbocycles. The smallest absolute Gasteiger partial charge is 0.335 e. The number of likely N-dealkylation sites (N-methyl/N-ethyl adjacent to an activating group) is 1. The van der Waals surface area contributed by atoms with E-state index in [1.165, 1.54) is 0 Å². The van der Waals surface area contributed by atoms with E-state index in [0.717, 1.165) is 28.1 Å². The monoisotopic (exact) mass is 501 g/mol. The van der Waals surface area contributed by atoms with Crippen LogP contribution in [0.3, 0.4) is 0 Å². The topological polar surface area (TPSA) is 68.4 Å². The molecule has 3 aliphatic rings. The zero-order valence-electron chi connectivity index (χ0n) is 22.7. The number of allylic oxidation sites excluding steroid dienone is 2. The Kier molecular flexibility index (Phi) is 5.87. The molecule has 6 heteroatoms. The number of anilines is 1. The standard InChI is InChI=1S/C31H35NO5/c1-19-24(20-13-15-22(35-7)16-14-20)31(5)25(27(33)32(6)21-11-9-8-10-12-21)26(30(19,4)29(31,2)3)28(34)37-18-23-17-36-23/h8-16,23H,17-18H2,1-7H3/t23?,30-,31+/m1/s1. The molecule has 0 aromatic heterocycles. The van der Waals surface area contributed by atoms with Gasteiger partial charge < -0.3 is 19.1 Å². The molecule has 1 heterocycles. The van der Waals surface area contributed by atoms with Gasteiger partial charge in [-0.05, 0) is 47.7 Å². The average molecular weight is 502 g/mol. The van der Waals surface area contributed by atoms with E-state index in [1.54, 1.807) is 19.1 Å². The Bertz CT molecular complexity index is 1320. The fourth-order valence-electron chi connectivity index (χ4n) is 6.58. The van der Waals surface area contributed by atoms with Crippen molar-refractivity contribution in [1.29, 1.82) is 0 Å². The van der Waals surface area contributed by atoms with E-state index in [0.29, 0.717) is 17.8 Å². The van der Waals surface area contributed by atoms with Crippen molar-refractivity contribution in [2.24, 2.45) is 16.2 Å². The largest absolute Gasteiger partial charge is 0.497 e. The Morgan fingerprint density at radius 2 is 1.59 bits per heavy atom. The van der Waals surface area contributed by atoms with Crippen LogP contribution < -0.4 is 9.64 Å². The van der Waals surface area contributed by atoms with Crippen LogP contribution in [0.4, 0.5) is 5.69 Å². The number of amides is 1. The van der Waals surface area contributed by atoms with Crippen molar-refractivity contribution >= 4 is 23.1 Å². The van der Waals surface area contributed by atoms with Crippen molar-refractivity contribution in [1.82, 2.24) is 0 Å². The van der Waals surface area contributed by atoms with E-state index in [-0.39, 0.29) is 18.6 Å². The third kappa shape index (κ3) is 3.42. The number of carbonyl (C=O) groups excluding carboxylic acids is 2. The van der Waals surface area contributed by atoms with Gasteiger partial charge in [0.2, 0.25) is 0 Å². The lowest BCUT2D eigenvalue weighted by Gasteiger charge is -2.43. The number of benzene rings is 2. The number of carbonyl (C=O) groups is 2. The maximum atomic E-state index is 14.4. The van der Waals surface area contributed by atoms with Gasteiger partial charge in [0.1, 0.15) is 18.5 Å². The van der Waals surface area contributed by atoms with Crippen molar-refractivity contribution in [2.45, 2.75) is 40.7 Å². The third-order valence-electron chi connectivity index (χ3n) is 9.42. The van der Waals surface area contributed by atoms with Gasteiger partial charge in [0.15, 0.2) is 0 Å². The van der Waals surface area contributed by atoms with Crippen LogP contribution in [0.15, 0.2) is 71.3 Å². The lowest BCUT2D eigenvalue weighted by molar-refractivity contribution is -0.141. The Hall–Kier alpha value is -3.38. The number of hydrogen-bond acceptors (Lipinski definition) is 5. The normalized spacial score (nSPS) is 27.4. The highest BCUT2D eigenvalue weighted by Crippen LogP contribution is 2.78. The Morgan fingerprint density at radius 1 is 0.973 bits per heavy atom. The summed E-state index contributed by atoms with van der Waals surface area (Å²) in [5.74, 6) is 0.134. The average Bonchev–Trinajstić information content (AvgIpc) is 3.70. The van der Waals surface area contributed by atoms with Crippen molar-refractivity contribution in [3.63, 3.8) is 0 Å². The maximum absolute atomic E-state index is 14.4. The van der Waals surface area contributed by atoms with Crippen LogP contribution in [0, 0.1) is 16.2 Å². The van der Waals surface area contributed by atoms with E-state index in [9.17, 15) is 9.59 Å². The first-order valence-electron chi connectivity index (χ1n) is 12.7. The molecular formula is C31H35NO5. The van der Waals surface area contributed by atoms with Gasteiger partial charge in [-0.2, -0.15) is 0 Å². The van der Waals surface area contributed by atoms with E-state index in [1.807, 2.05) is 54.6 Å². The summed E-state index contributed by atoms with van der Waals surface area (Å²) in [5, 5.41) is 0. The van der Waals surface area contributed by atoms with Crippen LogP contribution in [-0.4, -0.2) is 45.4 Å². The summed E-state index contributed by atoms with van der Waals surface area (Å²) in [6.45, 7) is 11.4. The highest BCUT2D eigenvalue weighted by atomic mass is 16.6. The van der Waals surface area contributed by atoms with E-state index in [4.69, 9.17) is 14.2 Å². The summed E-state index contributed by atoms with van der Waals surface area (Å²) >= 11 is 0.